The van der Waals surface area contributed by atoms with Crippen molar-refractivity contribution in [2.75, 3.05) is 39.4 Å². The number of rotatable bonds is 7. The lowest BCUT2D eigenvalue weighted by atomic mass is 10.2. The zero-order valence-electron chi connectivity index (χ0n) is 11.1. The Labute approximate surface area is 107 Å². The summed E-state index contributed by atoms with van der Waals surface area (Å²) in [5, 5.41) is 8.41. The fourth-order valence-corrected chi connectivity index (χ4v) is 2.32. The van der Waals surface area contributed by atoms with Gasteiger partial charge in [0.15, 0.2) is 0 Å². The molecule has 1 unspecified atom stereocenters. The fourth-order valence-electron chi connectivity index (χ4n) is 2.32. The monoisotopic (exact) mass is 258 g/mol. The number of likely N-dealkylation sites (N-methyl/N-ethyl adjacent to an activating group) is 1. The van der Waals surface area contributed by atoms with Gasteiger partial charge in [-0.1, -0.05) is 13.8 Å². The first-order valence-electron chi connectivity index (χ1n) is 6.39. The van der Waals surface area contributed by atoms with Gasteiger partial charge in [-0.25, -0.2) is 4.79 Å². The molecule has 0 bridgehead atoms. The van der Waals surface area contributed by atoms with Crippen LogP contribution >= 0.6 is 0 Å². The van der Waals surface area contributed by atoms with Gasteiger partial charge < -0.3 is 14.7 Å². The number of carboxylic acids is 1. The van der Waals surface area contributed by atoms with Crippen LogP contribution in [-0.4, -0.2) is 72.2 Å². The van der Waals surface area contributed by atoms with Gasteiger partial charge in [0.25, 0.3) is 0 Å². The van der Waals surface area contributed by atoms with Crippen LogP contribution in [0.1, 0.15) is 20.3 Å². The van der Waals surface area contributed by atoms with Crippen LogP contribution in [0.4, 0.5) is 0 Å². The third kappa shape index (κ3) is 4.27. The summed E-state index contributed by atoms with van der Waals surface area (Å²) in [5.41, 5.74) is 0. The SMILES string of the molecule is CCN(CC)C1CCN(C(=O)COCC(=O)O)C1. The maximum Gasteiger partial charge on any atom is 0.329 e. The van der Waals surface area contributed by atoms with Gasteiger partial charge in [0.2, 0.25) is 5.91 Å². The van der Waals surface area contributed by atoms with Gasteiger partial charge in [-0.15, -0.1) is 0 Å². The number of aliphatic carboxylic acids is 1. The number of hydrogen-bond acceptors (Lipinski definition) is 4. The summed E-state index contributed by atoms with van der Waals surface area (Å²) in [4.78, 5) is 26.1. The molecule has 6 nitrogen and oxygen atoms in total. The topological polar surface area (TPSA) is 70.1 Å². The molecule has 0 aromatic rings. The molecule has 0 aromatic carbocycles. The maximum atomic E-state index is 11.8. The van der Waals surface area contributed by atoms with E-state index in [1.807, 2.05) is 0 Å². The van der Waals surface area contributed by atoms with Crippen LogP contribution in [0.5, 0.6) is 0 Å². The highest BCUT2D eigenvalue weighted by atomic mass is 16.5. The number of hydrogen-bond donors (Lipinski definition) is 1. The summed E-state index contributed by atoms with van der Waals surface area (Å²) in [6, 6.07) is 0.420. The average Bonchev–Trinajstić information content (AvgIpc) is 2.79. The second-order valence-electron chi connectivity index (χ2n) is 4.39. The second-order valence-corrected chi connectivity index (χ2v) is 4.39. The van der Waals surface area contributed by atoms with E-state index in [4.69, 9.17) is 9.84 Å². The summed E-state index contributed by atoms with van der Waals surface area (Å²) in [6.07, 6.45) is 0.979. The number of amides is 1. The molecule has 1 aliphatic heterocycles. The van der Waals surface area contributed by atoms with E-state index in [-0.39, 0.29) is 12.5 Å². The summed E-state index contributed by atoms with van der Waals surface area (Å²) < 4.78 is 4.81. The van der Waals surface area contributed by atoms with E-state index >= 15 is 0 Å². The fraction of sp³-hybridized carbons (Fsp3) is 0.833. The maximum absolute atomic E-state index is 11.8. The van der Waals surface area contributed by atoms with Crippen LogP contribution in [0.25, 0.3) is 0 Å². The molecular weight excluding hydrogens is 236 g/mol. The number of carboxylic acid groups (broad SMARTS) is 1. The van der Waals surface area contributed by atoms with Crippen molar-refractivity contribution in [3.8, 4) is 0 Å². The van der Waals surface area contributed by atoms with E-state index in [9.17, 15) is 9.59 Å². The Hall–Kier alpha value is -1.14. The molecule has 0 saturated carbocycles. The minimum atomic E-state index is -1.05. The third-order valence-corrected chi connectivity index (χ3v) is 3.30. The molecule has 1 N–H and O–H groups in total. The minimum absolute atomic E-state index is 0.120. The van der Waals surface area contributed by atoms with Gasteiger partial charge in [-0.05, 0) is 19.5 Å². The Bertz CT molecular complexity index is 292. The van der Waals surface area contributed by atoms with Crippen molar-refractivity contribution in [3.63, 3.8) is 0 Å². The summed E-state index contributed by atoms with van der Waals surface area (Å²) in [6.45, 7) is 7.09. The van der Waals surface area contributed by atoms with Crippen molar-refractivity contribution >= 4 is 11.9 Å². The lowest BCUT2D eigenvalue weighted by Gasteiger charge is -2.26. The molecular formula is C12H22N2O4. The Morgan fingerprint density at radius 3 is 2.56 bits per heavy atom. The first-order chi connectivity index (χ1) is 8.58. The molecule has 1 fully saturated rings. The first-order valence-corrected chi connectivity index (χ1v) is 6.39. The zero-order valence-corrected chi connectivity index (χ0v) is 11.1. The lowest BCUT2D eigenvalue weighted by molar-refractivity contribution is -0.145. The van der Waals surface area contributed by atoms with Crippen molar-refractivity contribution in [2.45, 2.75) is 26.3 Å². The van der Waals surface area contributed by atoms with E-state index in [1.165, 1.54) is 0 Å². The standard InChI is InChI=1S/C12H22N2O4/c1-3-13(4-2)10-5-6-14(7-10)11(15)8-18-9-12(16)17/h10H,3-9H2,1-2H3,(H,16,17). The van der Waals surface area contributed by atoms with Crippen molar-refractivity contribution in [2.24, 2.45) is 0 Å². The Kier molecular flexibility index (Phi) is 6.07. The van der Waals surface area contributed by atoms with Crippen molar-refractivity contribution in [1.29, 1.82) is 0 Å². The largest absolute Gasteiger partial charge is 0.480 e. The van der Waals surface area contributed by atoms with Crippen LogP contribution in [-0.2, 0) is 14.3 Å². The predicted octanol–water partition coefficient (Wildman–Crippen LogP) is 0.0303. The van der Waals surface area contributed by atoms with Gasteiger partial charge >= 0.3 is 5.97 Å². The number of carbonyl (C=O) groups is 2. The molecule has 1 aliphatic rings. The number of carbonyl (C=O) groups excluding carboxylic acids is 1. The van der Waals surface area contributed by atoms with Gasteiger partial charge in [-0.3, -0.25) is 9.69 Å². The molecule has 18 heavy (non-hydrogen) atoms. The molecule has 1 amide bonds. The normalized spacial score (nSPS) is 19.5. The van der Waals surface area contributed by atoms with E-state index in [2.05, 4.69) is 18.7 Å². The molecule has 1 heterocycles. The Morgan fingerprint density at radius 1 is 1.33 bits per heavy atom. The van der Waals surface area contributed by atoms with E-state index in [1.54, 1.807) is 4.90 Å². The van der Waals surface area contributed by atoms with Crippen molar-refractivity contribution in [1.82, 2.24) is 9.80 Å². The molecule has 1 rings (SSSR count). The molecule has 0 aliphatic carbocycles. The highest BCUT2D eigenvalue weighted by Crippen LogP contribution is 2.15. The highest BCUT2D eigenvalue weighted by molar-refractivity contribution is 5.78. The number of likely N-dealkylation sites (tertiary alicyclic amines) is 1. The first kappa shape index (κ1) is 14.9. The highest BCUT2D eigenvalue weighted by Gasteiger charge is 2.28. The van der Waals surface area contributed by atoms with Crippen LogP contribution < -0.4 is 0 Å². The molecule has 0 spiro atoms. The second kappa shape index (κ2) is 7.33. The van der Waals surface area contributed by atoms with Crippen LogP contribution in [0, 0.1) is 0 Å². The van der Waals surface area contributed by atoms with Crippen LogP contribution in [0.15, 0.2) is 0 Å². The predicted molar refractivity (Wildman–Crippen MR) is 66.4 cm³/mol. The molecule has 104 valence electrons. The minimum Gasteiger partial charge on any atom is -0.480 e. The van der Waals surface area contributed by atoms with Crippen LogP contribution in [0.3, 0.4) is 0 Å². The van der Waals surface area contributed by atoms with E-state index in [0.717, 1.165) is 32.6 Å². The van der Waals surface area contributed by atoms with Gasteiger partial charge in [0, 0.05) is 19.1 Å². The number of ether oxygens (including phenoxy) is 1. The van der Waals surface area contributed by atoms with Crippen molar-refractivity contribution < 1.29 is 19.4 Å². The van der Waals surface area contributed by atoms with Gasteiger partial charge in [0.1, 0.15) is 13.2 Å². The summed E-state index contributed by atoms with van der Waals surface area (Å²) in [7, 11) is 0. The lowest BCUT2D eigenvalue weighted by Crippen LogP contribution is -2.39. The smallest absolute Gasteiger partial charge is 0.329 e. The van der Waals surface area contributed by atoms with Gasteiger partial charge in [-0.2, -0.15) is 0 Å². The van der Waals surface area contributed by atoms with E-state index in [0.29, 0.717) is 6.04 Å². The Balaban J connectivity index is 2.32. The van der Waals surface area contributed by atoms with E-state index < -0.39 is 12.6 Å². The van der Waals surface area contributed by atoms with Crippen LogP contribution in [0.2, 0.25) is 0 Å². The Morgan fingerprint density at radius 2 is 2.00 bits per heavy atom. The number of nitrogens with zero attached hydrogens (tertiary/aromatic N) is 2. The molecule has 0 aromatic heterocycles. The zero-order chi connectivity index (χ0) is 13.5. The van der Waals surface area contributed by atoms with Crippen molar-refractivity contribution in [3.05, 3.63) is 0 Å². The summed E-state index contributed by atoms with van der Waals surface area (Å²) >= 11 is 0. The quantitative estimate of drug-likeness (QED) is 0.697. The third-order valence-electron chi connectivity index (χ3n) is 3.30. The molecule has 1 atom stereocenters. The summed E-state index contributed by atoms with van der Waals surface area (Å²) in [5.74, 6) is -1.17. The molecule has 0 radical (unpaired) electrons. The average molecular weight is 258 g/mol. The van der Waals surface area contributed by atoms with Gasteiger partial charge in [0.05, 0.1) is 0 Å². The molecule has 6 heteroatoms. The molecule has 1 saturated heterocycles.